The highest BCUT2D eigenvalue weighted by molar-refractivity contribution is 7.14. The van der Waals surface area contributed by atoms with Gasteiger partial charge in [0.1, 0.15) is 6.33 Å². The van der Waals surface area contributed by atoms with Crippen LogP contribution in [0.1, 0.15) is 30.7 Å². The van der Waals surface area contributed by atoms with E-state index in [-0.39, 0.29) is 0 Å². The first kappa shape index (κ1) is 11.7. The zero-order valence-corrected chi connectivity index (χ0v) is 11.7. The highest BCUT2D eigenvalue weighted by Gasteiger charge is 2.15. The predicted molar refractivity (Wildman–Crippen MR) is 74.8 cm³/mol. The van der Waals surface area contributed by atoms with Gasteiger partial charge in [-0.2, -0.15) is 0 Å². The molecule has 1 saturated heterocycles. The molecule has 3 rings (SSSR count). The molecule has 2 aromatic heterocycles. The average Bonchev–Trinajstić information content (AvgIpc) is 3.00. The van der Waals surface area contributed by atoms with Crippen LogP contribution in [0.2, 0.25) is 0 Å². The Kier molecular flexibility index (Phi) is 3.07. The van der Waals surface area contributed by atoms with Crippen molar-refractivity contribution in [1.29, 1.82) is 0 Å². The molecule has 3 heterocycles. The van der Waals surface area contributed by atoms with Crippen LogP contribution in [0.25, 0.3) is 5.82 Å². The third-order valence-corrected chi connectivity index (χ3v) is 4.49. The van der Waals surface area contributed by atoms with Gasteiger partial charge in [-0.15, -0.1) is 11.3 Å². The van der Waals surface area contributed by atoms with Crippen molar-refractivity contribution in [2.75, 3.05) is 18.0 Å². The monoisotopic (exact) mass is 262 g/mol. The second-order valence-corrected chi connectivity index (χ2v) is 5.66. The topological polar surface area (TPSA) is 34.0 Å². The van der Waals surface area contributed by atoms with Gasteiger partial charge in [0.25, 0.3) is 0 Å². The number of hydrogen-bond acceptors (Lipinski definition) is 4. The van der Waals surface area contributed by atoms with E-state index >= 15 is 0 Å². The fourth-order valence-corrected chi connectivity index (χ4v) is 3.18. The number of piperidine rings is 1. The van der Waals surface area contributed by atoms with E-state index in [1.165, 1.54) is 25.0 Å². The first-order chi connectivity index (χ1) is 8.75. The second kappa shape index (κ2) is 4.72. The van der Waals surface area contributed by atoms with Gasteiger partial charge in [0.15, 0.2) is 10.9 Å². The Hall–Kier alpha value is -1.36. The summed E-state index contributed by atoms with van der Waals surface area (Å²) in [5, 5.41) is 3.27. The summed E-state index contributed by atoms with van der Waals surface area (Å²) in [7, 11) is 0. The maximum atomic E-state index is 4.75. The molecule has 4 nitrogen and oxygen atoms in total. The molecule has 0 spiro atoms. The van der Waals surface area contributed by atoms with Gasteiger partial charge in [0.2, 0.25) is 0 Å². The summed E-state index contributed by atoms with van der Waals surface area (Å²) in [5.74, 6) is 0.999. The zero-order chi connectivity index (χ0) is 12.5. The Balaban J connectivity index is 1.87. The minimum Gasteiger partial charge on any atom is -0.348 e. The Morgan fingerprint density at radius 1 is 1.17 bits per heavy atom. The number of anilines is 1. The lowest BCUT2D eigenvalue weighted by atomic mass is 10.1. The van der Waals surface area contributed by atoms with Crippen molar-refractivity contribution in [3.05, 3.63) is 23.1 Å². The van der Waals surface area contributed by atoms with Crippen LogP contribution in [0, 0.1) is 13.8 Å². The van der Waals surface area contributed by atoms with Crippen LogP contribution in [0.5, 0.6) is 0 Å². The summed E-state index contributed by atoms with van der Waals surface area (Å²) < 4.78 is 2.07. The molecule has 0 amide bonds. The van der Waals surface area contributed by atoms with Crippen molar-refractivity contribution in [2.45, 2.75) is 33.1 Å². The molecule has 0 radical (unpaired) electrons. The van der Waals surface area contributed by atoms with Gasteiger partial charge in [-0.1, -0.05) is 0 Å². The normalized spacial score (nSPS) is 16.2. The summed E-state index contributed by atoms with van der Waals surface area (Å²) in [6.45, 7) is 6.41. The van der Waals surface area contributed by atoms with E-state index in [0.29, 0.717) is 0 Å². The molecule has 1 fully saturated rings. The Bertz CT molecular complexity index is 537. The van der Waals surface area contributed by atoms with Crippen LogP contribution in [0.4, 0.5) is 5.13 Å². The minimum atomic E-state index is 0.999. The molecular formula is C13H18N4S. The minimum absolute atomic E-state index is 0.999. The average molecular weight is 262 g/mol. The van der Waals surface area contributed by atoms with Gasteiger partial charge >= 0.3 is 0 Å². The highest BCUT2D eigenvalue weighted by atomic mass is 32.1. The fraction of sp³-hybridized carbons (Fsp3) is 0.538. The molecule has 0 aliphatic carbocycles. The van der Waals surface area contributed by atoms with Crippen LogP contribution in [-0.4, -0.2) is 27.6 Å². The molecule has 0 aromatic carbocycles. The third kappa shape index (κ3) is 2.03. The molecule has 2 aromatic rings. The lowest BCUT2D eigenvalue weighted by molar-refractivity contribution is 0.576. The fourth-order valence-electron chi connectivity index (χ4n) is 2.33. The molecule has 96 valence electrons. The van der Waals surface area contributed by atoms with E-state index in [9.17, 15) is 0 Å². The standard InChI is InChI=1S/C13H18N4S/c1-10-11(2)17(9-14-10)12-8-18-13(15-12)16-6-4-3-5-7-16/h8-9H,3-7H2,1-2H3. The van der Waals surface area contributed by atoms with Crippen LogP contribution in [-0.2, 0) is 0 Å². The first-order valence-corrected chi connectivity index (χ1v) is 7.35. The molecule has 0 N–H and O–H groups in total. The molecule has 0 atom stereocenters. The van der Waals surface area contributed by atoms with Gasteiger partial charge < -0.3 is 4.90 Å². The molecule has 1 aliphatic heterocycles. The van der Waals surface area contributed by atoms with Crippen LogP contribution < -0.4 is 4.90 Å². The van der Waals surface area contributed by atoms with Crippen molar-refractivity contribution in [2.24, 2.45) is 0 Å². The quantitative estimate of drug-likeness (QED) is 0.834. The van der Waals surface area contributed by atoms with Gasteiger partial charge in [0, 0.05) is 24.2 Å². The molecule has 1 aliphatic rings. The number of nitrogens with zero attached hydrogens (tertiary/aromatic N) is 4. The van der Waals surface area contributed by atoms with Crippen molar-refractivity contribution in [3.8, 4) is 5.82 Å². The van der Waals surface area contributed by atoms with Crippen molar-refractivity contribution in [3.63, 3.8) is 0 Å². The maximum Gasteiger partial charge on any atom is 0.187 e. The highest BCUT2D eigenvalue weighted by Crippen LogP contribution is 2.26. The summed E-state index contributed by atoms with van der Waals surface area (Å²) in [5.41, 5.74) is 2.24. The number of aromatic nitrogens is 3. The number of rotatable bonds is 2. The SMILES string of the molecule is Cc1ncn(-c2csc(N3CCCCC3)n2)c1C. The maximum absolute atomic E-state index is 4.75. The zero-order valence-electron chi connectivity index (χ0n) is 10.9. The van der Waals surface area contributed by atoms with Gasteiger partial charge in [-0.25, -0.2) is 9.97 Å². The van der Waals surface area contributed by atoms with E-state index in [1.807, 2.05) is 13.3 Å². The van der Waals surface area contributed by atoms with E-state index in [1.54, 1.807) is 11.3 Å². The van der Waals surface area contributed by atoms with E-state index in [4.69, 9.17) is 4.98 Å². The smallest absolute Gasteiger partial charge is 0.187 e. The Labute approximate surface area is 111 Å². The molecular weight excluding hydrogens is 244 g/mol. The van der Waals surface area contributed by atoms with E-state index in [2.05, 4.69) is 26.8 Å². The molecule has 0 unspecified atom stereocenters. The lowest BCUT2D eigenvalue weighted by Crippen LogP contribution is -2.29. The van der Waals surface area contributed by atoms with Crippen molar-refractivity contribution < 1.29 is 0 Å². The van der Waals surface area contributed by atoms with Crippen LogP contribution in [0.15, 0.2) is 11.7 Å². The number of aryl methyl sites for hydroxylation is 1. The largest absolute Gasteiger partial charge is 0.348 e. The Morgan fingerprint density at radius 2 is 1.94 bits per heavy atom. The number of hydrogen-bond donors (Lipinski definition) is 0. The van der Waals surface area contributed by atoms with E-state index < -0.39 is 0 Å². The van der Waals surface area contributed by atoms with Gasteiger partial charge in [-0.3, -0.25) is 4.57 Å². The molecule has 5 heteroatoms. The Morgan fingerprint density at radius 3 is 2.61 bits per heavy atom. The van der Waals surface area contributed by atoms with Crippen LogP contribution in [0.3, 0.4) is 0 Å². The first-order valence-electron chi connectivity index (χ1n) is 6.47. The number of imidazole rings is 1. The van der Waals surface area contributed by atoms with Crippen molar-refractivity contribution in [1.82, 2.24) is 14.5 Å². The molecule has 0 bridgehead atoms. The summed E-state index contributed by atoms with van der Waals surface area (Å²) in [6, 6.07) is 0. The summed E-state index contributed by atoms with van der Waals surface area (Å²) in [4.78, 5) is 11.5. The third-order valence-electron chi connectivity index (χ3n) is 3.61. The van der Waals surface area contributed by atoms with Gasteiger partial charge in [-0.05, 0) is 33.1 Å². The molecule has 18 heavy (non-hydrogen) atoms. The number of thiazole rings is 1. The molecule has 0 saturated carbocycles. The van der Waals surface area contributed by atoms with Crippen LogP contribution >= 0.6 is 11.3 Å². The summed E-state index contributed by atoms with van der Waals surface area (Å²) >= 11 is 1.74. The predicted octanol–water partition coefficient (Wildman–Crippen LogP) is 2.94. The second-order valence-electron chi connectivity index (χ2n) is 4.82. The van der Waals surface area contributed by atoms with Gasteiger partial charge in [0.05, 0.1) is 5.69 Å². The van der Waals surface area contributed by atoms with Crippen molar-refractivity contribution >= 4 is 16.5 Å². The van der Waals surface area contributed by atoms with E-state index in [0.717, 1.165) is 29.7 Å². The summed E-state index contributed by atoms with van der Waals surface area (Å²) in [6.07, 6.45) is 5.80. The lowest BCUT2D eigenvalue weighted by Gasteiger charge is -2.25.